The SMILES string of the molecule is CCOC(=O)[C@]1(Cc2ccc(O)cc2)OC(=O)C(O)=C1c1ccc(O)cc1. The molecule has 1 atom stereocenters. The van der Waals surface area contributed by atoms with E-state index in [9.17, 15) is 24.9 Å². The lowest BCUT2D eigenvalue weighted by atomic mass is 9.83. The van der Waals surface area contributed by atoms with Gasteiger partial charge in [0.15, 0.2) is 0 Å². The Kier molecular flexibility index (Phi) is 4.77. The standard InChI is InChI=1S/C20H18O7/c1-2-26-19(25)20(11-12-3-7-14(21)8-4-12)16(17(23)18(24)27-20)13-5-9-15(22)10-6-13/h3-10,21-23H,2,11H2,1H3/t20-/m1/s1. The molecule has 1 aliphatic rings. The van der Waals surface area contributed by atoms with E-state index < -0.39 is 23.3 Å². The Hall–Kier alpha value is -3.48. The zero-order valence-electron chi connectivity index (χ0n) is 14.5. The Bertz CT molecular complexity index is 897. The quantitative estimate of drug-likeness (QED) is 0.693. The van der Waals surface area contributed by atoms with Crippen LogP contribution in [0.2, 0.25) is 0 Å². The highest BCUT2D eigenvalue weighted by molar-refractivity contribution is 6.11. The molecule has 140 valence electrons. The second-order valence-corrected chi connectivity index (χ2v) is 6.05. The predicted molar refractivity (Wildman–Crippen MR) is 94.9 cm³/mol. The van der Waals surface area contributed by atoms with E-state index in [4.69, 9.17) is 9.47 Å². The van der Waals surface area contributed by atoms with Gasteiger partial charge in [-0.2, -0.15) is 0 Å². The van der Waals surface area contributed by atoms with Crippen molar-refractivity contribution in [3.63, 3.8) is 0 Å². The van der Waals surface area contributed by atoms with Gasteiger partial charge >= 0.3 is 11.9 Å². The molecule has 0 bridgehead atoms. The van der Waals surface area contributed by atoms with Gasteiger partial charge in [0.05, 0.1) is 12.2 Å². The third-order valence-corrected chi connectivity index (χ3v) is 4.25. The molecule has 0 radical (unpaired) electrons. The van der Waals surface area contributed by atoms with Gasteiger partial charge in [0.1, 0.15) is 11.5 Å². The maximum atomic E-state index is 12.8. The molecule has 2 aromatic rings. The van der Waals surface area contributed by atoms with Gasteiger partial charge in [-0.15, -0.1) is 0 Å². The Morgan fingerprint density at radius 3 is 2.11 bits per heavy atom. The van der Waals surface area contributed by atoms with Crippen LogP contribution in [0.3, 0.4) is 0 Å². The second-order valence-electron chi connectivity index (χ2n) is 6.05. The highest BCUT2D eigenvalue weighted by Crippen LogP contribution is 2.43. The van der Waals surface area contributed by atoms with Crippen LogP contribution in [0.5, 0.6) is 11.5 Å². The lowest BCUT2D eigenvalue weighted by molar-refractivity contribution is -0.171. The summed E-state index contributed by atoms with van der Waals surface area (Å²) >= 11 is 0. The molecular formula is C20H18O7. The summed E-state index contributed by atoms with van der Waals surface area (Å²) in [5.74, 6) is -2.51. The average Bonchev–Trinajstić information content (AvgIpc) is 2.89. The number of cyclic esters (lactones) is 1. The Balaban J connectivity index is 2.15. The van der Waals surface area contributed by atoms with Gasteiger partial charge in [0.25, 0.3) is 0 Å². The van der Waals surface area contributed by atoms with Crippen LogP contribution in [0.1, 0.15) is 18.1 Å². The summed E-state index contributed by atoms with van der Waals surface area (Å²) in [5.41, 5.74) is -0.993. The number of phenolic OH excluding ortho intramolecular Hbond substituents is 2. The zero-order valence-corrected chi connectivity index (χ0v) is 14.5. The number of carbonyl (C=O) groups is 2. The topological polar surface area (TPSA) is 113 Å². The van der Waals surface area contributed by atoms with Crippen molar-refractivity contribution in [1.29, 1.82) is 0 Å². The summed E-state index contributed by atoms with van der Waals surface area (Å²) in [4.78, 5) is 25.0. The summed E-state index contributed by atoms with van der Waals surface area (Å²) < 4.78 is 10.5. The molecule has 0 aromatic heterocycles. The summed E-state index contributed by atoms with van der Waals surface area (Å²) in [5, 5.41) is 29.3. The number of aliphatic hydroxyl groups excluding tert-OH is 1. The van der Waals surface area contributed by atoms with Gasteiger partial charge in [-0.3, -0.25) is 0 Å². The molecule has 27 heavy (non-hydrogen) atoms. The van der Waals surface area contributed by atoms with Gasteiger partial charge in [-0.1, -0.05) is 24.3 Å². The van der Waals surface area contributed by atoms with Crippen molar-refractivity contribution in [3.05, 3.63) is 65.4 Å². The number of aromatic hydroxyl groups is 2. The first kappa shape index (κ1) is 18.3. The van der Waals surface area contributed by atoms with Gasteiger partial charge < -0.3 is 24.8 Å². The van der Waals surface area contributed by atoms with Crippen LogP contribution in [0.25, 0.3) is 5.57 Å². The van der Waals surface area contributed by atoms with Crippen molar-refractivity contribution in [2.75, 3.05) is 6.61 Å². The Morgan fingerprint density at radius 1 is 1.00 bits per heavy atom. The van der Waals surface area contributed by atoms with Crippen molar-refractivity contribution in [2.45, 2.75) is 18.9 Å². The molecule has 2 aromatic carbocycles. The number of phenols is 2. The smallest absolute Gasteiger partial charge is 0.375 e. The number of carbonyl (C=O) groups excluding carboxylic acids is 2. The fraction of sp³-hybridized carbons (Fsp3) is 0.200. The number of hydrogen-bond donors (Lipinski definition) is 3. The average molecular weight is 370 g/mol. The van der Waals surface area contributed by atoms with Gasteiger partial charge in [0, 0.05) is 6.42 Å². The minimum atomic E-state index is -1.88. The zero-order chi connectivity index (χ0) is 19.6. The van der Waals surface area contributed by atoms with Crippen molar-refractivity contribution in [1.82, 2.24) is 0 Å². The number of benzene rings is 2. The van der Waals surface area contributed by atoms with E-state index in [1.165, 1.54) is 36.4 Å². The first-order chi connectivity index (χ1) is 12.9. The van der Waals surface area contributed by atoms with Crippen molar-refractivity contribution in [2.24, 2.45) is 0 Å². The molecule has 0 aliphatic carbocycles. The number of aliphatic hydroxyl groups is 1. The fourth-order valence-corrected chi connectivity index (χ4v) is 3.04. The minimum absolute atomic E-state index is 0.00986. The second kappa shape index (κ2) is 7.03. The molecule has 0 spiro atoms. The van der Waals surface area contributed by atoms with Crippen LogP contribution in [0.15, 0.2) is 54.3 Å². The number of esters is 2. The highest BCUT2D eigenvalue weighted by Gasteiger charge is 2.55. The molecule has 3 N–H and O–H groups in total. The summed E-state index contributed by atoms with van der Waals surface area (Å²) in [6, 6.07) is 11.7. The number of rotatable bonds is 5. The third-order valence-electron chi connectivity index (χ3n) is 4.25. The molecule has 0 unspecified atom stereocenters. The largest absolute Gasteiger partial charge is 0.508 e. The summed E-state index contributed by atoms with van der Waals surface area (Å²) in [7, 11) is 0. The van der Waals surface area contributed by atoms with Crippen molar-refractivity contribution >= 4 is 17.5 Å². The number of hydrogen-bond acceptors (Lipinski definition) is 7. The normalized spacial score (nSPS) is 19.1. The predicted octanol–water partition coefficient (Wildman–Crippen LogP) is 2.47. The van der Waals surface area contributed by atoms with Crippen molar-refractivity contribution < 1.29 is 34.4 Å². The molecule has 0 saturated carbocycles. The molecule has 1 heterocycles. The maximum absolute atomic E-state index is 12.8. The van der Waals surface area contributed by atoms with E-state index in [1.54, 1.807) is 19.1 Å². The van der Waals surface area contributed by atoms with Crippen LogP contribution in [0.4, 0.5) is 0 Å². The van der Waals surface area contributed by atoms with Crippen LogP contribution in [0, 0.1) is 0 Å². The monoisotopic (exact) mass is 370 g/mol. The minimum Gasteiger partial charge on any atom is -0.508 e. The van der Waals surface area contributed by atoms with Gasteiger partial charge in [-0.25, -0.2) is 9.59 Å². The van der Waals surface area contributed by atoms with Crippen LogP contribution in [-0.4, -0.2) is 39.5 Å². The highest BCUT2D eigenvalue weighted by atomic mass is 16.6. The van der Waals surface area contributed by atoms with E-state index in [1.807, 2.05) is 0 Å². The third kappa shape index (κ3) is 3.31. The first-order valence-corrected chi connectivity index (χ1v) is 8.29. The Morgan fingerprint density at radius 2 is 1.56 bits per heavy atom. The van der Waals surface area contributed by atoms with Gasteiger partial charge in [-0.05, 0) is 42.3 Å². The molecular weight excluding hydrogens is 352 g/mol. The summed E-state index contributed by atoms with van der Waals surface area (Å²) in [6.07, 6.45) is -0.0991. The Labute approximate surface area is 155 Å². The van der Waals surface area contributed by atoms with E-state index in [2.05, 4.69) is 0 Å². The molecule has 0 amide bonds. The number of ether oxygens (including phenoxy) is 2. The van der Waals surface area contributed by atoms with E-state index in [0.717, 1.165) is 0 Å². The van der Waals surface area contributed by atoms with E-state index in [-0.39, 0.29) is 30.1 Å². The van der Waals surface area contributed by atoms with E-state index in [0.29, 0.717) is 11.1 Å². The first-order valence-electron chi connectivity index (χ1n) is 8.29. The van der Waals surface area contributed by atoms with Crippen molar-refractivity contribution in [3.8, 4) is 11.5 Å². The fourth-order valence-electron chi connectivity index (χ4n) is 3.04. The molecule has 0 fully saturated rings. The lowest BCUT2D eigenvalue weighted by Gasteiger charge is -2.28. The molecule has 7 nitrogen and oxygen atoms in total. The van der Waals surface area contributed by atoms with Crippen LogP contribution >= 0.6 is 0 Å². The summed E-state index contributed by atoms with van der Waals surface area (Å²) in [6.45, 7) is 1.67. The van der Waals surface area contributed by atoms with Gasteiger partial charge in [0.2, 0.25) is 11.4 Å². The molecule has 7 heteroatoms. The van der Waals surface area contributed by atoms with Crippen LogP contribution < -0.4 is 0 Å². The van der Waals surface area contributed by atoms with Crippen LogP contribution in [-0.2, 0) is 25.5 Å². The maximum Gasteiger partial charge on any atom is 0.375 e. The molecule has 0 saturated heterocycles. The van der Waals surface area contributed by atoms with E-state index >= 15 is 0 Å². The molecule has 3 rings (SSSR count). The lowest BCUT2D eigenvalue weighted by Crippen LogP contribution is -2.44. The molecule has 1 aliphatic heterocycles.